The van der Waals surface area contributed by atoms with Crippen LogP contribution in [0, 0.1) is 19.0 Å². The second-order valence-corrected chi connectivity index (χ2v) is 15.0. The van der Waals surface area contributed by atoms with Crippen LogP contribution in [0.4, 0.5) is 0 Å². The van der Waals surface area contributed by atoms with Gasteiger partial charge in [-0.05, 0) is 94.0 Å². The summed E-state index contributed by atoms with van der Waals surface area (Å²) in [6.45, 7) is 10.2. The van der Waals surface area contributed by atoms with Crippen LogP contribution in [0.15, 0.2) is 144 Å². The minimum atomic E-state index is -2.26. The standard InChI is InChI=1S/C37H31N2O.C15H16N.Ir/c1-23(2)30-21-26(25-13-6-5-7-14-25)22-31(24(3)4)35(30)39-33-19-10-9-18-32(33)38-37(39)29-17-12-16-28-27-15-8-11-20-34(27)40-36(28)29;1-11(2)14-9-15(16-10-12(14)3)13-7-5-4-6-8-13;/h5-16,18-24H,1-4H3;4-7,9-11H,1-3H3;/q2*-1;/i;3D3,11D;. The number of aromatic nitrogens is 3. The van der Waals surface area contributed by atoms with Gasteiger partial charge in [0.05, 0.1) is 22.4 Å². The van der Waals surface area contributed by atoms with Gasteiger partial charge in [0, 0.05) is 42.9 Å². The van der Waals surface area contributed by atoms with Crippen LogP contribution in [0.25, 0.3) is 72.4 Å². The maximum atomic E-state index is 8.16. The van der Waals surface area contributed by atoms with E-state index in [0.29, 0.717) is 23.1 Å². The van der Waals surface area contributed by atoms with Crippen LogP contribution >= 0.6 is 0 Å². The van der Waals surface area contributed by atoms with E-state index in [9.17, 15) is 0 Å². The van der Waals surface area contributed by atoms with E-state index in [1.807, 2.05) is 36.4 Å². The van der Waals surface area contributed by atoms with Crippen LogP contribution in [0.1, 0.15) is 87.0 Å². The van der Waals surface area contributed by atoms with Crippen LogP contribution in [0.5, 0.6) is 0 Å². The Morgan fingerprint density at radius 1 is 0.684 bits per heavy atom. The second-order valence-electron chi connectivity index (χ2n) is 15.0. The molecule has 9 rings (SSSR count). The maximum Gasteiger partial charge on any atom is 0.120 e. The van der Waals surface area contributed by atoms with Crippen LogP contribution in [0.3, 0.4) is 0 Å². The van der Waals surface area contributed by atoms with Crippen molar-refractivity contribution in [2.75, 3.05) is 0 Å². The molecule has 0 amide bonds. The number of hydrogen-bond acceptors (Lipinski definition) is 3. The molecule has 0 atom stereocenters. The van der Waals surface area contributed by atoms with Crippen molar-refractivity contribution in [2.45, 2.75) is 66.1 Å². The SMILES string of the molecule is CC(C)c1cc(-c2ccccc2)cc(C(C)C)c1-n1c(-c2[c-]ccc3c2oc2ccccc23)nc2ccccc21.[2H]C([2H])([2H])c1cnc(-c2[c-]cccc2)cc1C([2H])(C)C.[Ir]. The molecule has 57 heavy (non-hydrogen) atoms. The van der Waals surface area contributed by atoms with E-state index in [2.05, 4.69) is 134 Å². The van der Waals surface area contributed by atoms with Crippen molar-refractivity contribution < 1.29 is 30.0 Å². The zero-order valence-corrected chi connectivity index (χ0v) is 35.4. The van der Waals surface area contributed by atoms with Crippen molar-refractivity contribution in [3.63, 3.8) is 0 Å². The molecule has 9 aromatic rings. The van der Waals surface area contributed by atoms with Crippen LogP contribution in [-0.2, 0) is 20.1 Å². The number of furan rings is 1. The first-order valence-corrected chi connectivity index (χ1v) is 19.2. The van der Waals surface area contributed by atoms with Gasteiger partial charge in [-0.2, -0.15) is 0 Å². The molecule has 6 aromatic carbocycles. The van der Waals surface area contributed by atoms with E-state index in [4.69, 9.17) is 14.9 Å². The minimum absolute atomic E-state index is 0. The molecule has 287 valence electrons. The van der Waals surface area contributed by atoms with Gasteiger partial charge < -0.3 is 14.0 Å². The quantitative estimate of drug-likeness (QED) is 0.150. The molecule has 0 unspecified atom stereocenters. The number of pyridine rings is 1. The molecule has 0 spiro atoms. The van der Waals surface area contributed by atoms with Gasteiger partial charge >= 0.3 is 0 Å². The maximum absolute atomic E-state index is 8.16. The third-order valence-electron chi connectivity index (χ3n) is 10.3. The number of nitrogens with zero attached hydrogens (tertiary/aromatic N) is 3. The summed E-state index contributed by atoms with van der Waals surface area (Å²) in [4.78, 5) is 9.45. The predicted molar refractivity (Wildman–Crippen MR) is 234 cm³/mol. The molecule has 1 radical (unpaired) electrons. The molecule has 4 nitrogen and oxygen atoms in total. The summed E-state index contributed by atoms with van der Waals surface area (Å²) in [5, 5.41) is 2.18. The first-order chi connectivity index (χ1) is 28.7. The summed E-state index contributed by atoms with van der Waals surface area (Å²) in [6, 6.07) is 51.7. The summed E-state index contributed by atoms with van der Waals surface area (Å²) in [5.74, 6) is 0.449. The fraction of sp³-hybridized carbons (Fsp3) is 0.192. The van der Waals surface area contributed by atoms with Crippen molar-refractivity contribution in [1.29, 1.82) is 0 Å². The Labute approximate surface area is 355 Å². The summed E-state index contributed by atoms with van der Waals surface area (Å²) < 4.78 is 39.7. The van der Waals surface area contributed by atoms with Crippen molar-refractivity contribution in [2.24, 2.45) is 0 Å². The number of aryl methyl sites for hydroxylation is 1. The zero-order chi connectivity index (χ0) is 42.3. The molecule has 0 saturated heterocycles. The normalized spacial score (nSPS) is 12.8. The number of benzene rings is 6. The molecule has 0 aliphatic carbocycles. The summed E-state index contributed by atoms with van der Waals surface area (Å²) in [7, 11) is 0. The molecular formula is C52H47IrN3O-2. The van der Waals surface area contributed by atoms with Crippen molar-refractivity contribution in [1.82, 2.24) is 14.5 Å². The number of hydrogen-bond donors (Lipinski definition) is 0. The van der Waals surface area contributed by atoms with E-state index in [1.165, 1.54) is 34.1 Å². The minimum Gasteiger partial charge on any atom is -0.501 e. The van der Waals surface area contributed by atoms with E-state index in [-0.39, 0.29) is 25.7 Å². The van der Waals surface area contributed by atoms with E-state index < -0.39 is 12.7 Å². The molecule has 5 heteroatoms. The van der Waals surface area contributed by atoms with Crippen molar-refractivity contribution >= 4 is 33.0 Å². The van der Waals surface area contributed by atoms with Crippen molar-refractivity contribution in [3.8, 4) is 39.5 Å². The first-order valence-electron chi connectivity index (χ1n) is 21.2. The molecule has 0 bridgehead atoms. The number of fused-ring (bicyclic) bond motifs is 4. The van der Waals surface area contributed by atoms with Crippen molar-refractivity contribution in [3.05, 3.63) is 174 Å². The van der Waals surface area contributed by atoms with Gasteiger partial charge in [-0.15, -0.1) is 54.1 Å². The number of para-hydroxylation sites is 3. The van der Waals surface area contributed by atoms with Crippen LogP contribution in [0.2, 0.25) is 0 Å². The molecule has 0 aliphatic heterocycles. The summed E-state index contributed by atoms with van der Waals surface area (Å²) in [6.07, 6.45) is 1.36. The van der Waals surface area contributed by atoms with E-state index in [1.54, 1.807) is 26.0 Å². The molecule has 0 saturated carbocycles. The van der Waals surface area contributed by atoms with E-state index >= 15 is 0 Å². The topological polar surface area (TPSA) is 43.9 Å². The Kier molecular flexibility index (Phi) is 10.2. The predicted octanol–water partition coefficient (Wildman–Crippen LogP) is 14.3. The summed E-state index contributed by atoms with van der Waals surface area (Å²) >= 11 is 0. The van der Waals surface area contributed by atoms with Crippen LogP contribution in [-0.4, -0.2) is 14.5 Å². The third kappa shape index (κ3) is 7.75. The number of rotatable bonds is 7. The Balaban J connectivity index is 0.000000226. The van der Waals surface area contributed by atoms with Gasteiger partial charge in [-0.1, -0.05) is 119 Å². The van der Waals surface area contributed by atoms with Crippen LogP contribution < -0.4 is 0 Å². The van der Waals surface area contributed by atoms with Gasteiger partial charge in [-0.25, -0.2) is 0 Å². The zero-order valence-electron chi connectivity index (χ0n) is 37.0. The van der Waals surface area contributed by atoms with Gasteiger partial charge in [0.25, 0.3) is 0 Å². The third-order valence-corrected chi connectivity index (χ3v) is 10.3. The van der Waals surface area contributed by atoms with Gasteiger partial charge in [0.2, 0.25) is 0 Å². The number of imidazole rings is 1. The van der Waals surface area contributed by atoms with Gasteiger partial charge in [0.15, 0.2) is 0 Å². The Bertz CT molecular complexity index is 2930. The second kappa shape index (κ2) is 16.9. The first kappa shape index (κ1) is 34.6. The largest absolute Gasteiger partial charge is 0.501 e. The summed E-state index contributed by atoms with van der Waals surface area (Å²) in [5.41, 5.74) is 12.9. The molecule has 3 heterocycles. The smallest absolute Gasteiger partial charge is 0.120 e. The van der Waals surface area contributed by atoms with E-state index in [0.717, 1.165) is 49.9 Å². The fourth-order valence-corrected chi connectivity index (χ4v) is 7.46. The van der Waals surface area contributed by atoms with Gasteiger partial charge in [0.1, 0.15) is 5.58 Å². The fourth-order valence-electron chi connectivity index (χ4n) is 7.46. The Morgan fingerprint density at radius 2 is 1.39 bits per heavy atom. The molecule has 0 fully saturated rings. The molecule has 3 aromatic heterocycles. The van der Waals surface area contributed by atoms with Gasteiger partial charge in [-0.3, -0.25) is 4.98 Å². The Hall–Kier alpha value is -5.61. The Morgan fingerprint density at radius 3 is 2.09 bits per heavy atom. The molecule has 0 N–H and O–H groups in total. The average molecular weight is 926 g/mol. The monoisotopic (exact) mass is 926 g/mol. The average Bonchev–Trinajstić information content (AvgIpc) is 3.82. The molecule has 0 aliphatic rings. The molecular weight excluding hydrogens is 875 g/mol.